The predicted octanol–water partition coefficient (Wildman–Crippen LogP) is 2.63. The maximum Gasteiger partial charge on any atom is 0.255 e. The molecule has 2 aromatic rings. The van der Waals surface area contributed by atoms with E-state index in [0.717, 1.165) is 37.3 Å². The number of hydrogen-bond acceptors (Lipinski definition) is 7. The van der Waals surface area contributed by atoms with Crippen LogP contribution in [0.15, 0.2) is 36.9 Å². The van der Waals surface area contributed by atoms with E-state index in [9.17, 15) is 9.59 Å². The summed E-state index contributed by atoms with van der Waals surface area (Å²) in [7, 11) is 0. The van der Waals surface area contributed by atoms with Crippen molar-refractivity contribution in [1.82, 2.24) is 15.2 Å². The number of piperidine rings is 1. The van der Waals surface area contributed by atoms with Gasteiger partial charge in [-0.1, -0.05) is 6.58 Å². The monoisotopic (exact) mass is 480 g/mol. The number of morpholine rings is 1. The molecule has 0 bridgehead atoms. The number of carbonyl (C=O) groups excluding carboxylic acids is 2. The van der Waals surface area contributed by atoms with Gasteiger partial charge in [0.2, 0.25) is 5.91 Å². The molecular formula is C25H29FN6O3. The lowest BCUT2D eigenvalue weighted by Crippen LogP contribution is -2.44. The molecule has 0 radical (unpaired) electrons. The van der Waals surface area contributed by atoms with Crippen molar-refractivity contribution in [1.29, 1.82) is 0 Å². The van der Waals surface area contributed by atoms with Gasteiger partial charge in [-0.2, -0.15) is 0 Å². The Labute approximate surface area is 203 Å². The summed E-state index contributed by atoms with van der Waals surface area (Å²) in [4.78, 5) is 32.9. The second kappa shape index (κ2) is 9.91. The molecule has 2 saturated heterocycles. The number of nitrogens with one attached hydrogen (secondary N) is 3. The summed E-state index contributed by atoms with van der Waals surface area (Å²) in [5.74, 6) is -0.667. The lowest BCUT2D eigenvalue weighted by atomic mass is 10.0. The summed E-state index contributed by atoms with van der Waals surface area (Å²) < 4.78 is 20.8. The first-order valence-corrected chi connectivity index (χ1v) is 11.9. The summed E-state index contributed by atoms with van der Waals surface area (Å²) in [5.41, 5.74) is 2.34. The van der Waals surface area contributed by atoms with Gasteiger partial charge in [0, 0.05) is 55.7 Å². The minimum Gasteiger partial charge on any atom is -0.378 e. The largest absolute Gasteiger partial charge is 0.378 e. The number of ether oxygens (including phenoxy) is 1. The van der Waals surface area contributed by atoms with Gasteiger partial charge in [0.15, 0.2) is 11.6 Å². The molecule has 2 amide bonds. The van der Waals surface area contributed by atoms with Crippen LogP contribution in [0.1, 0.15) is 28.8 Å². The molecule has 9 nitrogen and oxygen atoms in total. The first-order chi connectivity index (χ1) is 17.0. The third kappa shape index (κ3) is 4.79. The number of likely N-dealkylation sites (tertiary alicyclic amines) is 1. The standard InChI is InChI=1S/C25H29FN6O3/c1-2-20(33)32-9-3-4-17(15-32)29-24-22(26)19-14-27-25(34)21(19)23(30-24)28-16-5-7-18(8-6-16)31-10-12-35-13-11-31/h2,5-8,17H,1,3-4,9-15H2,(H,27,34)(H2,28,29,30)/t17-/m0/s1. The first kappa shape index (κ1) is 23.1. The van der Waals surface area contributed by atoms with Crippen LogP contribution in [0.3, 0.4) is 0 Å². The Morgan fingerprint density at radius 1 is 1.20 bits per heavy atom. The second-order valence-electron chi connectivity index (χ2n) is 8.90. The van der Waals surface area contributed by atoms with Crippen molar-refractivity contribution in [2.75, 3.05) is 54.9 Å². The van der Waals surface area contributed by atoms with E-state index in [-0.39, 0.29) is 41.3 Å². The highest BCUT2D eigenvalue weighted by Gasteiger charge is 2.31. The van der Waals surface area contributed by atoms with Crippen molar-refractivity contribution < 1.29 is 18.7 Å². The van der Waals surface area contributed by atoms with Crippen LogP contribution in [0.25, 0.3) is 0 Å². The van der Waals surface area contributed by atoms with E-state index in [4.69, 9.17) is 4.74 Å². The molecule has 3 aliphatic rings. The number of anilines is 4. The normalized spacial score (nSPS) is 19.7. The minimum absolute atomic E-state index is 0.0746. The highest BCUT2D eigenvalue weighted by atomic mass is 19.1. The molecule has 0 aliphatic carbocycles. The van der Waals surface area contributed by atoms with Crippen LogP contribution in [0.4, 0.5) is 27.4 Å². The van der Waals surface area contributed by atoms with Gasteiger partial charge in [0.25, 0.3) is 5.91 Å². The van der Waals surface area contributed by atoms with Gasteiger partial charge < -0.3 is 30.5 Å². The topological polar surface area (TPSA) is 98.8 Å². The summed E-state index contributed by atoms with van der Waals surface area (Å²) in [5, 5.41) is 9.07. The second-order valence-corrected chi connectivity index (χ2v) is 8.90. The Bertz CT molecular complexity index is 1130. The van der Waals surface area contributed by atoms with E-state index in [1.807, 2.05) is 24.3 Å². The van der Waals surface area contributed by atoms with Gasteiger partial charge in [-0.3, -0.25) is 9.59 Å². The number of carbonyl (C=O) groups is 2. The summed E-state index contributed by atoms with van der Waals surface area (Å²) in [6, 6.07) is 7.69. The summed E-state index contributed by atoms with van der Waals surface area (Å²) >= 11 is 0. The number of aromatic nitrogens is 1. The summed E-state index contributed by atoms with van der Waals surface area (Å²) in [6.07, 6.45) is 2.87. The molecule has 3 aliphatic heterocycles. The Morgan fingerprint density at radius 3 is 2.71 bits per heavy atom. The molecule has 0 saturated carbocycles. The average molecular weight is 481 g/mol. The fourth-order valence-corrected chi connectivity index (χ4v) is 4.80. The highest BCUT2D eigenvalue weighted by Crippen LogP contribution is 2.32. The molecule has 0 unspecified atom stereocenters. The quantitative estimate of drug-likeness (QED) is 0.547. The molecule has 5 rings (SSSR count). The van der Waals surface area contributed by atoms with E-state index in [0.29, 0.717) is 32.1 Å². The van der Waals surface area contributed by atoms with Crippen LogP contribution in [0.2, 0.25) is 0 Å². The maximum absolute atomic E-state index is 15.3. The number of hydrogen-bond donors (Lipinski definition) is 3. The fraction of sp³-hybridized carbons (Fsp3) is 0.400. The number of nitrogens with zero attached hydrogens (tertiary/aromatic N) is 3. The Morgan fingerprint density at radius 2 is 1.97 bits per heavy atom. The van der Waals surface area contributed by atoms with Crippen LogP contribution in [0, 0.1) is 5.82 Å². The van der Waals surface area contributed by atoms with Gasteiger partial charge in [-0.25, -0.2) is 9.37 Å². The highest BCUT2D eigenvalue weighted by molar-refractivity contribution is 6.03. The van der Waals surface area contributed by atoms with Crippen molar-refractivity contribution >= 4 is 34.8 Å². The number of amides is 2. The molecule has 2 fully saturated rings. The number of fused-ring (bicyclic) bond motifs is 1. The Balaban J connectivity index is 1.38. The molecule has 3 N–H and O–H groups in total. The van der Waals surface area contributed by atoms with E-state index >= 15 is 4.39 Å². The van der Waals surface area contributed by atoms with Gasteiger partial charge in [0.05, 0.1) is 18.8 Å². The lowest BCUT2D eigenvalue weighted by molar-refractivity contribution is -0.127. The van der Waals surface area contributed by atoms with Crippen molar-refractivity contribution in [2.45, 2.75) is 25.4 Å². The van der Waals surface area contributed by atoms with Crippen LogP contribution in [-0.2, 0) is 16.1 Å². The predicted molar refractivity (Wildman–Crippen MR) is 132 cm³/mol. The lowest BCUT2D eigenvalue weighted by Gasteiger charge is -2.33. The van der Waals surface area contributed by atoms with E-state index in [1.54, 1.807) is 4.90 Å². The van der Waals surface area contributed by atoms with Crippen LogP contribution in [0.5, 0.6) is 0 Å². The third-order valence-electron chi connectivity index (χ3n) is 6.64. The average Bonchev–Trinajstić information content (AvgIpc) is 3.29. The zero-order valence-electron chi connectivity index (χ0n) is 19.5. The van der Waals surface area contributed by atoms with E-state index < -0.39 is 5.82 Å². The van der Waals surface area contributed by atoms with Crippen LogP contribution >= 0.6 is 0 Å². The number of rotatable bonds is 6. The Kier molecular flexibility index (Phi) is 6.54. The van der Waals surface area contributed by atoms with Gasteiger partial charge in [-0.05, 0) is 43.2 Å². The van der Waals surface area contributed by atoms with E-state index in [1.165, 1.54) is 6.08 Å². The number of pyridine rings is 1. The van der Waals surface area contributed by atoms with Crippen molar-refractivity contribution in [3.63, 3.8) is 0 Å². The van der Waals surface area contributed by atoms with Gasteiger partial charge in [-0.15, -0.1) is 0 Å². The Hall–Kier alpha value is -3.66. The summed E-state index contributed by atoms with van der Waals surface area (Å²) in [6.45, 7) is 7.83. The van der Waals surface area contributed by atoms with Crippen LogP contribution < -0.4 is 20.9 Å². The minimum atomic E-state index is -0.543. The molecule has 4 heterocycles. The number of halogens is 1. The van der Waals surface area contributed by atoms with Crippen molar-refractivity contribution in [3.8, 4) is 0 Å². The molecular weight excluding hydrogens is 451 g/mol. The van der Waals surface area contributed by atoms with Crippen molar-refractivity contribution in [3.05, 3.63) is 53.9 Å². The molecule has 10 heteroatoms. The molecule has 1 aromatic heterocycles. The first-order valence-electron chi connectivity index (χ1n) is 11.9. The fourth-order valence-electron chi connectivity index (χ4n) is 4.80. The zero-order chi connectivity index (χ0) is 24.4. The molecule has 1 atom stereocenters. The molecule has 184 valence electrons. The molecule has 35 heavy (non-hydrogen) atoms. The SMILES string of the molecule is C=CC(=O)N1CCC[C@H](Nc2nc(Nc3ccc(N4CCOCC4)cc3)c3c(c2F)CNC3=O)C1. The zero-order valence-corrected chi connectivity index (χ0v) is 19.5. The molecule has 0 spiro atoms. The smallest absolute Gasteiger partial charge is 0.255 e. The van der Waals surface area contributed by atoms with E-state index in [2.05, 4.69) is 32.4 Å². The maximum atomic E-state index is 15.3. The molecule has 1 aromatic carbocycles. The van der Waals surface area contributed by atoms with Crippen LogP contribution in [-0.4, -0.2) is 67.1 Å². The third-order valence-corrected chi connectivity index (χ3v) is 6.64. The van der Waals surface area contributed by atoms with Gasteiger partial charge in [0.1, 0.15) is 5.82 Å². The van der Waals surface area contributed by atoms with Gasteiger partial charge >= 0.3 is 0 Å². The number of benzene rings is 1. The van der Waals surface area contributed by atoms with Crippen molar-refractivity contribution in [2.24, 2.45) is 0 Å².